The molecule has 2 aromatic rings. The molecule has 0 bridgehead atoms. The minimum atomic E-state index is 0.127. The van der Waals surface area contributed by atoms with Crippen LogP contribution in [0, 0.1) is 0 Å². The summed E-state index contributed by atoms with van der Waals surface area (Å²) < 4.78 is 5.49. The fraction of sp³-hybridized carbons (Fsp3) is 0.250. The van der Waals surface area contributed by atoms with E-state index in [4.69, 9.17) is 27.9 Å². The Hall–Kier alpha value is -1.38. The van der Waals surface area contributed by atoms with Gasteiger partial charge < -0.3 is 10.1 Å². The number of anilines is 1. The number of halogens is 2. The first-order valence-electron chi connectivity index (χ1n) is 6.54. The summed E-state index contributed by atoms with van der Waals surface area (Å²) in [5.41, 5.74) is 2.09. The van der Waals surface area contributed by atoms with Crippen LogP contribution in [0.15, 0.2) is 42.5 Å². The van der Waals surface area contributed by atoms with Crippen LogP contribution in [0.5, 0.6) is 5.75 Å². The van der Waals surface area contributed by atoms with Crippen molar-refractivity contribution in [1.82, 2.24) is 0 Å². The van der Waals surface area contributed by atoms with Crippen LogP contribution in [0.2, 0.25) is 10.0 Å². The Morgan fingerprint density at radius 1 is 1.10 bits per heavy atom. The van der Waals surface area contributed by atoms with Crippen molar-refractivity contribution in [2.45, 2.75) is 19.9 Å². The zero-order chi connectivity index (χ0) is 14.5. The summed E-state index contributed by atoms with van der Waals surface area (Å²) >= 11 is 12.0. The van der Waals surface area contributed by atoms with Crippen molar-refractivity contribution < 1.29 is 4.74 Å². The van der Waals surface area contributed by atoms with E-state index in [9.17, 15) is 0 Å². The topological polar surface area (TPSA) is 21.3 Å². The Labute approximate surface area is 129 Å². The molecule has 2 rings (SSSR count). The molecule has 0 aliphatic heterocycles. The molecule has 4 heteroatoms. The largest absolute Gasteiger partial charge is 0.494 e. The van der Waals surface area contributed by atoms with E-state index in [-0.39, 0.29) is 6.04 Å². The van der Waals surface area contributed by atoms with Crippen molar-refractivity contribution in [1.29, 1.82) is 0 Å². The average molecular weight is 310 g/mol. The Balaban J connectivity index is 2.12. The van der Waals surface area contributed by atoms with E-state index in [1.165, 1.54) is 0 Å². The van der Waals surface area contributed by atoms with E-state index in [1.807, 2.05) is 49.4 Å². The van der Waals surface area contributed by atoms with Crippen LogP contribution < -0.4 is 10.1 Å². The molecule has 0 radical (unpaired) electrons. The van der Waals surface area contributed by atoms with E-state index in [0.717, 1.165) is 17.0 Å². The van der Waals surface area contributed by atoms with Gasteiger partial charge >= 0.3 is 0 Å². The number of ether oxygens (including phenoxy) is 1. The first kappa shape index (κ1) is 15.0. The summed E-state index contributed by atoms with van der Waals surface area (Å²) in [5, 5.41) is 4.56. The molecule has 2 aromatic carbocycles. The molecule has 0 spiro atoms. The summed E-state index contributed by atoms with van der Waals surface area (Å²) in [6.07, 6.45) is 0. The van der Waals surface area contributed by atoms with Gasteiger partial charge in [-0.15, -0.1) is 0 Å². The average Bonchev–Trinajstić information content (AvgIpc) is 2.42. The molecule has 1 atom stereocenters. The van der Waals surface area contributed by atoms with E-state index >= 15 is 0 Å². The van der Waals surface area contributed by atoms with Gasteiger partial charge in [0, 0.05) is 17.8 Å². The summed E-state index contributed by atoms with van der Waals surface area (Å²) in [7, 11) is 0. The highest BCUT2D eigenvalue weighted by Crippen LogP contribution is 2.28. The normalized spacial score (nSPS) is 12.0. The van der Waals surface area contributed by atoms with Gasteiger partial charge in [-0.05, 0) is 43.7 Å². The van der Waals surface area contributed by atoms with Crippen LogP contribution >= 0.6 is 23.2 Å². The molecular formula is C16H17Cl2NO. The van der Waals surface area contributed by atoms with Gasteiger partial charge in [0.1, 0.15) is 5.75 Å². The minimum absolute atomic E-state index is 0.127. The molecule has 0 heterocycles. The molecule has 0 aliphatic rings. The van der Waals surface area contributed by atoms with E-state index < -0.39 is 0 Å². The highest BCUT2D eigenvalue weighted by molar-refractivity contribution is 6.42. The maximum absolute atomic E-state index is 6.05. The van der Waals surface area contributed by atoms with Gasteiger partial charge in [0.2, 0.25) is 0 Å². The zero-order valence-corrected chi connectivity index (χ0v) is 13.0. The number of benzene rings is 2. The predicted molar refractivity (Wildman–Crippen MR) is 86.1 cm³/mol. The molecule has 1 N–H and O–H groups in total. The molecule has 0 amide bonds. The second-order valence-electron chi connectivity index (χ2n) is 4.50. The summed E-state index contributed by atoms with van der Waals surface area (Å²) in [6, 6.07) is 13.7. The summed E-state index contributed by atoms with van der Waals surface area (Å²) in [6.45, 7) is 4.71. The lowest BCUT2D eigenvalue weighted by Crippen LogP contribution is -2.06. The van der Waals surface area contributed by atoms with Gasteiger partial charge in [0.05, 0.1) is 16.7 Å². The number of nitrogens with one attached hydrogen (secondary N) is 1. The lowest BCUT2D eigenvalue weighted by Gasteiger charge is -2.17. The molecule has 0 saturated carbocycles. The highest BCUT2D eigenvalue weighted by atomic mass is 35.5. The van der Waals surface area contributed by atoms with E-state index in [1.54, 1.807) is 0 Å². The maximum Gasteiger partial charge on any atom is 0.121 e. The molecule has 0 aromatic heterocycles. The zero-order valence-electron chi connectivity index (χ0n) is 11.5. The quantitative estimate of drug-likeness (QED) is 0.780. The third kappa shape index (κ3) is 3.81. The third-order valence-electron chi connectivity index (χ3n) is 2.97. The van der Waals surface area contributed by atoms with Crippen LogP contribution in [0.1, 0.15) is 25.5 Å². The molecule has 0 saturated heterocycles. The van der Waals surface area contributed by atoms with Crippen molar-refractivity contribution in [2.75, 3.05) is 11.9 Å². The smallest absolute Gasteiger partial charge is 0.121 e. The first-order chi connectivity index (χ1) is 9.60. The van der Waals surface area contributed by atoms with Crippen molar-refractivity contribution >= 4 is 28.9 Å². The van der Waals surface area contributed by atoms with E-state index in [0.29, 0.717) is 16.7 Å². The standard InChI is InChI=1S/C16H17Cl2NO/c1-3-20-14-6-4-5-13(10-14)19-11(2)12-7-8-15(17)16(18)9-12/h4-11,19H,3H2,1-2H3. The van der Waals surface area contributed by atoms with Crippen molar-refractivity contribution in [3.8, 4) is 5.75 Å². The second kappa shape index (κ2) is 6.87. The molecule has 2 nitrogen and oxygen atoms in total. The monoisotopic (exact) mass is 309 g/mol. The van der Waals surface area contributed by atoms with Gasteiger partial charge in [0.15, 0.2) is 0 Å². The molecule has 0 fully saturated rings. The SMILES string of the molecule is CCOc1cccc(NC(C)c2ccc(Cl)c(Cl)c2)c1. The van der Waals surface area contributed by atoms with Crippen molar-refractivity contribution in [2.24, 2.45) is 0 Å². The van der Waals surface area contributed by atoms with Crippen LogP contribution in [0.3, 0.4) is 0 Å². The second-order valence-corrected chi connectivity index (χ2v) is 5.31. The third-order valence-corrected chi connectivity index (χ3v) is 3.71. The van der Waals surface area contributed by atoms with E-state index in [2.05, 4.69) is 12.2 Å². The van der Waals surface area contributed by atoms with Gasteiger partial charge in [-0.25, -0.2) is 0 Å². The Kier molecular flexibility index (Phi) is 5.16. The van der Waals surface area contributed by atoms with Crippen molar-refractivity contribution in [3.63, 3.8) is 0 Å². The first-order valence-corrected chi connectivity index (χ1v) is 7.30. The molecule has 20 heavy (non-hydrogen) atoms. The lowest BCUT2D eigenvalue weighted by molar-refractivity contribution is 0.340. The van der Waals surface area contributed by atoms with Crippen LogP contribution in [0.25, 0.3) is 0 Å². The molecular weight excluding hydrogens is 293 g/mol. The van der Waals surface area contributed by atoms with Crippen LogP contribution in [-0.2, 0) is 0 Å². The number of rotatable bonds is 5. The Morgan fingerprint density at radius 2 is 1.90 bits per heavy atom. The fourth-order valence-corrected chi connectivity index (χ4v) is 2.26. The summed E-state index contributed by atoms with van der Waals surface area (Å²) in [4.78, 5) is 0. The molecule has 106 valence electrons. The maximum atomic E-state index is 6.05. The predicted octanol–water partition coefficient (Wildman–Crippen LogP) is 5.57. The fourth-order valence-electron chi connectivity index (χ4n) is 1.96. The highest BCUT2D eigenvalue weighted by Gasteiger charge is 2.08. The van der Waals surface area contributed by atoms with Gasteiger partial charge in [-0.3, -0.25) is 0 Å². The van der Waals surface area contributed by atoms with Gasteiger partial charge in [-0.1, -0.05) is 35.3 Å². The minimum Gasteiger partial charge on any atom is -0.494 e. The van der Waals surface area contributed by atoms with Crippen LogP contribution in [-0.4, -0.2) is 6.61 Å². The number of hydrogen-bond acceptors (Lipinski definition) is 2. The molecule has 1 unspecified atom stereocenters. The van der Waals surface area contributed by atoms with Gasteiger partial charge in [-0.2, -0.15) is 0 Å². The number of hydrogen-bond donors (Lipinski definition) is 1. The molecule has 0 aliphatic carbocycles. The summed E-state index contributed by atoms with van der Waals surface area (Å²) in [5.74, 6) is 0.860. The van der Waals surface area contributed by atoms with Gasteiger partial charge in [0.25, 0.3) is 0 Å². The lowest BCUT2D eigenvalue weighted by atomic mass is 10.1. The van der Waals surface area contributed by atoms with Crippen LogP contribution in [0.4, 0.5) is 5.69 Å². The Bertz CT molecular complexity index is 586. The Morgan fingerprint density at radius 3 is 2.60 bits per heavy atom. The van der Waals surface area contributed by atoms with Crippen molar-refractivity contribution in [3.05, 3.63) is 58.1 Å².